The highest BCUT2D eigenvalue weighted by molar-refractivity contribution is 6.30. The largest absolute Gasteiger partial charge is 0.334 e. The Bertz CT molecular complexity index is 747. The Balaban J connectivity index is 1.61. The van der Waals surface area contributed by atoms with Gasteiger partial charge in [0.15, 0.2) is 11.5 Å². The topological polar surface area (TPSA) is 51.0 Å². The molecule has 2 heterocycles. The van der Waals surface area contributed by atoms with Gasteiger partial charge in [-0.05, 0) is 37.3 Å². The molecule has 1 saturated carbocycles. The molecule has 22 heavy (non-hydrogen) atoms. The molecule has 114 valence electrons. The second-order valence-corrected chi connectivity index (χ2v) is 6.32. The summed E-state index contributed by atoms with van der Waals surface area (Å²) in [6, 6.07) is 4.96. The number of aromatic nitrogens is 3. The van der Waals surface area contributed by atoms with Gasteiger partial charge in [0.05, 0.1) is 11.2 Å². The number of nitrogens with zero attached hydrogens (tertiary/aromatic N) is 4. The molecule has 0 radical (unpaired) electrons. The minimum absolute atomic E-state index is 0.0118. The molecular formula is C15H14ClFN4O. The van der Waals surface area contributed by atoms with Gasteiger partial charge in [-0.1, -0.05) is 22.9 Å². The molecule has 1 aliphatic heterocycles. The van der Waals surface area contributed by atoms with Crippen LogP contribution in [0.5, 0.6) is 0 Å². The quantitative estimate of drug-likeness (QED) is 0.855. The van der Waals surface area contributed by atoms with Crippen LogP contribution < -0.4 is 0 Å². The van der Waals surface area contributed by atoms with Gasteiger partial charge in [-0.25, -0.2) is 9.07 Å². The third-order valence-electron chi connectivity index (χ3n) is 4.56. The number of benzene rings is 1. The SMILES string of the molecule is O=C(c1cn(-c2cccc(Cl)c2F)nn1)N1C[C@H]2CC[C@H]1C2. The van der Waals surface area contributed by atoms with E-state index in [1.54, 1.807) is 12.1 Å². The van der Waals surface area contributed by atoms with Crippen molar-refractivity contribution in [2.45, 2.75) is 25.3 Å². The number of amides is 1. The Kier molecular flexibility index (Phi) is 3.14. The molecule has 2 bridgehead atoms. The number of fused-ring (bicyclic) bond motifs is 2. The summed E-state index contributed by atoms with van der Waals surface area (Å²) in [4.78, 5) is 14.4. The molecule has 1 amide bonds. The predicted molar refractivity (Wildman–Crippen MR) is 78.5 cm³/mol. The molecule has 7 heteroatoms. The van der Waals surface area contributed by atoms with Crippen LogP contribution in [0.15, 0.2) is 24.4 Å². The van der Waals surface area contributed by atoms with Crippen LogP contribution in [0.2, 0.25) is 5.02 Å². The van der Waals surface area contributed by atoms with E-state index in [1.807, 2.05) is 4.90 Å². The number of carbonyl (C=O) groups excluding carboxylic acids is 1. The van der Waals surface area contributed by atoms with Crippen molar-refractivity contribution in [3.8, 4) is 5.69 Å². The Morgan fingerprint density at radius 2 is 2.23 bits per heavy atom. The molecule has 2 aromatic rings. The van der Waals surface area contributed by atoms with E-state index in [9.17, 15) is 9.18 Å². The number of hydrogen-bond acceptors (Lipinski definition) is 3. The first kappa shape index (κ1) is 13.7. The molecule has 4 rings (SSSR count). The normalized spacial score (nSPS) is 23.3. The van der Waals surface area contributed by atoms with E-state index >= 15 is 0 Å². The lowest BCUT2D eigenvalue weighted by Gasteiger charge is -2.25. The van der Waals surface area contributed by atoms with Crippen LogP contribution in [0.4, 0.5) is 4.39 Å². The summed E-state index contributed by atoms with van der Waals surface area (Å²) in [5.41, 5.74) is 0.425. The van der Waals surface area contributed by atoms with E-state index in [4.69, 9.17) is 11.6 Å². The highest BCUT2D eigenvalue weighted by atomic mass is 35.5. The average Bonchev–Trinajstić information content (AvgIpc) is 3.25. The van der Waals surface area contributed by atoms with Crippen molar-refractivity contribution in [3.63, 3.8) is 0 Å². The maximum Gasteiger partial charge on any atom is 0.276 e. The molecule has 2 fully saturated rings. The van der Waals surface area contributed by atoms with Gasteiger partial charge in [-0.3, -0.25) is 4.79 Å². The molecule has 2 atom stereocenters. The van der Waals surface area contributed by atoms with Crippen LogP contribution in [-0.4, -0.2) is 38.4 Å². The lowest BCUT2D eigenvalue weighted by atomic mass is 10.1. The van der Waals surface area contributed by atoms with Gasteiger partial charge in [0, 0.05) is 12.6 Å². The Labute approximate surface area is 131 Å². The molecule has 1 aromatic carbocycles. The second-order valence-electron chi connectivity index (χ2n) is 5.91. The fourth-order valence-electron chi connectivity index (χ4n) is 3.47. The maximum absolute atomic E-state index is 14.0. The number of halogens is 2. The van der Waals surface area contributed by atoms with E-state index in [0.29, 0.717) is 12.0 Å². The smallest absolute Gasteiger partial charge is 0.276 e. The number of hydrogen-bond donors (Lipinski definition) is 0. The Morgan fingerprint density at radius 1 is 1.36 bits per heavy atom. The summed E-state index contributed by atoms with van der Waals surface area (Å²) < 4.78 is 15.3. The minimum atomic E-state index is -0.576. The van der Waals surface area contributed by atoms with E-state index in [-0.39, 0.29) is 22.3 Å². The van der Waals surface area contributed by atoms with E-state index in [1.165, 1.54) is 23.4 Å². The second kappa shape index (κ2) is 5.05. The van der Waals surface area contributed by atoms with Gasteiger partial charge in [-0.15, -0.1) is 5.10 Å². The van der Waals surface area contributed by atoms with Crippen molar-refractivity contribution < 1.29 is 9.18 Å². The molecule has 0 spiro atoms. The fraction of sp³-hybridized carbons (Fsp3) is 0.400. The third-order valence-corrected chi connectivity index (χ3v) is 4.85. The molecule has 2 aliphatic rings. The van der Waals surface area contributed by atoms with Crippen molar-refractivity contribution in [1.82, 2.24) is 19.9 Å². The van der Waals surface area contributed by atoms with Crippen LogP contribution in [0.3, 0.4) is 0 Å². The van der Waals surface area contributed by atoms with E-state index in [0.717, 1.165) is 19.4 Å². The van der Waals surface area contributed by atoms with Crippen molar-refractivity contribution in [2.24, 2.45) is 5.92 Å². The van der Waals surface area contributed by atoms with Crippen molar-refractivity contribution in [3.05, 3.63) is 40.9 Å². The summed E-state index contributed by atoms with van der Waals surface area (Å²) in [6.45, 7) is 0.794. The number of piperidine rings is 1. The monoisotopic (exact) mass is 320 g/mol. The molecule has 1 aromatic heterocycles. The third kappa shape index (κ3) is 2.09. The fourth-order valence-corrected chi connectivity index (χ4v) is 3.64. The highest BCUT2D eigenvalue weighted by Gasteiger charge is 2.41. The average molecular weight is 321 g/mol. The molecule has 1 saturated heterocycles. The van der Waals surface area contributed by atoms with Gasteiger partial charge in [0.1, 0.15) is 5.69 Å². The van der Waals surface area contributed by atoms with Crippen LogP contribution >= 0.6 is 11.6 Å². The van der Waals surface area contributed by atoms with Gasteiger partial charge in [-0.2, -0.15) is 0 Å². The zero-order chi connectivity index (χ0) is 15.3. The first-order chi connectivity index (χ1) is 10.6. The summed E-state index contributed by atoms with van der Waals surface area (Å²) in [5.74, 6) is -0.0800. The van der Waals surface area contributed by atoms with Crippen molar-refractivity contribution >= 4 is 17.5 Å². The number of rotatable bonds is 2. The summed E-state index contributed by atoms with van der Waals surface area (Å²) in [5, 5.41) is 7.78. The number of carbonyl (C=O) groups is 1. The van der Waals surface area contributed by atoms with Crippen LogP contribution in [-0.2, 0) is 0 Å². The summed E-state index contributed by atoms with van der Waals surface area (Å²) in [6.07, 6.45) is 4.81. The predicted octanol–water partition coefficient (Wildman–Crippen LogP) is 2.68. The van der Waals surface area contributed by atoms with Crippen LogP contribution in [0, 0.1) is 11.7 Å². The van der Waals surface area contributed by atoms with E-state index < -0.39 is 5.82 Å². The standard InChI is InChI=1S/C15H14ClFN4O/c16-11-2-1-3-13(14(11)17)21-8-12(18-19-21)15(22)20-7-9-4-5-10(20)6-9/h1-3,8-10H,4-7H2/t9-,10-/m0/s1. The summed E-state index contributed by atoms with van der Waals surface area (Å²) >= 11 is 5.77. The lowest BCUT2D eigenvalue weighted by molar-refractivity contribution is 0.0697. The first-order valence-corrected chi connectivity index (χ1v) is 7.69. The molecule has 0 N–H and O–H groups in total. The highest BCUT2D eigenvalue weighted by Crippen LogP contribution is 2.37. The Hall–Kier alpha value is -1.95. The molecular weight excluding hydrogens is 307 g/mol. The maximum atomic E-state index is 14.0. The van der Waals surface area contributed by atoms with Gasteiger partial charge < -0.3 is 4.90 Å². The van der Waals surface area contributed by atoms with Gasteiger partial charge in [0.2, 0.25) is 0 Å². The zero-order valence-corrected chi connectivity index (χ0v) is 12.5. The lowest BCUT2D eigenvalue weighted by Crippen LogP contribution is -2.37. The van der Waals surface area contributed by atoms with Crippen LogP contribution in [0.1, 0.15) is 29.8 Å². The van der Waals surface area contributed by atoms with Crippen molar-refractivity contribution in [1.29, 1.82) is 0 Å². The van der Waals surface area contributed by atoms with Gasteiger partial charge >= 0.3 is 0 Å². The summed E-state index contributed by atoms with van der Waals surface area (Å²) in [7, 11) is 0. The van der Waals surface area contributed by atoms with Crippen molar-refractivity contribution in [2.75, 3.05) is 6.54 Å². The first-order valence-electron chi connectivity index (χ1n) is 7.31. The molecule has 5 nitrogen and oxygen atoms in total. The molecule has 1 aliphatic carbocycles. The van der Waals surface area contributed by atoms with Crippen LogP contribution in [0.25, 0.3) is 5.69 Å². The zero-order valence-electron chi connectivity index (χ0n) is 11.7. The minimum Gasteiger partial charge on any atom is -0.334 e. The van der Waals surface area contributed by atoms with E-state index in [2.05, 4.69) is 10.3 Å². The van der Waals surface area contributed by atoms with Gasteiger partial charge in [0.25, 0.3) is 5.91 Å². The number of likely N-dealkylation sites (tertiary alicyclic amines) is 1. The Morgan fingerprint density at radius 3 is 2.95 bits per heavy atom. The molecule has 0 unspecified atom stereocenters.